The number of rotatable bonds is 5. The maximum absolute atomic E-state index is 5.13. The Kier molecular flexibility index (Phi) is 3.36. The predicted molar refractivity (Wildman–Crippen MR) is 58.8 cm³/mol. The van der Waals surface area contributed by atoms with Crippen molar-refractivity contribution in [3.63, 3.8) is 0 Å². The number of furan rings is 1. The van der Waals surface area contributed by atoms with Crippen LogP contribution in [0.5, 0.6) is 0 Å². The van der Waals surface area contributed by atoms with Crippen molar-refractivity contribution in [1.29, 1.82) is 0 Å². The first-order valence-corrected chi connectivity index (χ1v) is 5.34. The zero-order chi connectivity index (χ0) is 11.4. The highest BCUT2D eigenvalue weighted by molar-refractivity contribution is 5.51. The van der Waals surface area contributed by atoms with Crippen LogP contribution in [0.4, 0.5) is 0 Å². The van der Waals surface area contributed by atoms with Gasteiger partial charge in [0.25, 0.3) is 0 Å². The zero-order valence-electron chi connectivity index (χ0n) is 9.43. The lowest BCUT2D eigenvalue weighted by atomic mass is 10.3. The minimum atomic E-state index is 0.469. The molecule has 16 heavy (non-hydrogen) atoms. The highest BCUT2D eigenvalue weighted by Crippen LogP contribution is 2.15. The van der Waals surface area contributed by atoms with Gasteiger partial charge in [0.15, 0.2) is 0 Å². The van der Waals surface area contributed by atoms with Crippen molar-refractivity contribution >= 4 is 0 Å². The minimum Gasteiger partial charge on any atom is -0.472 e. The Hall–Kier alpha value is -1.62. The SMILES string of the molecule is CC(C)NCCc1nc(-c2ccoc2)no1. The van der Waals surface area contributed by atoms with Crippen molar-refractivity contribution in [2.75, 3.05) is 6.54 Å². The second kappa shape index (κ2) is 4.94. The van der Waals surface area contributed by atoms with Gasteiger partial charge in [0.2, 0.25) is 11.7 Å². The highest BCUT2D eigenvalue weighted by Gasteiger charge is 2.09. The van der Waals surface area contributed by atoms with Gasteiger partial charge in [-0.15, -0.1) is 0 Å². The van der Waals surface area contributed by atoms with E-state index in [2.05, 4.69) is 29.3 Å². The average molecular weight is 221 g/mol. The Labute approximate surface area is 93.8 Å². The maximum atomic E-state index is 5.13. The molecule has 0 aliphatic heterocycles. The molecule has 0 amide bonds. The fourth-order valence-electron chi connectivity index (χ4n) is 1.33. The van der Waals surface area contributed by atoms with E-state index in [-0.39, 0.29) is 0 Å². The van der Waals surface area contributed by atoms with E-state index in [1.807, 2.05) is 0 Å². The molecule has 2 heterocycles. The maximum Gasteiger partial charge on any atom is 0.228 e. The summed E-state index contributed by atoms with van der Waals surface area (Å²) in [5.74, 6) is 1.22. The van der Waals surface area contributed by atoms with Crippen LogP contribution in [0.25, 0.3) is 11.4 Å². The summed E-state index contributed by atoms with van der Waals surface area (Å²) in [4.78, 5) is 4.27. The summed E-state index contributed by atoms with van der Waals surface area (Å²) in [6.45, 7) is 5.04. The van der Waals surface area contributed by atoms with E-state index >= 15 is 0 Å². The van der Waals surface area contributed by atoms with Gasteiger partial charge < -0.3 is 14.3 Å². The van der Waals surface area contributed by atoms with Crippen molar-refractivity contribution in [3.05, 3.63) is 24.5 Å². The van der Waals surface area contributed by atoms with Crippen molar-refractivity contribution < 1.29 is 8.94 Å². The summed E-state index contributed by atoms with van der Waals surface area (Å²) in [6, 6.07) is 2.28. The van der Waals surface area contributed by atoms with E-state index in [1.165, 1.54) is 0 Å². The highest BCUT2D eigenvalue weighted by atomic mass is 16.5. The standard InChI is InChI=1S/C11H15N3O2/c1-8(2)12-5-3-10-13-11(14-16-10)9-4-6-15-7-9/h4,6-8,12H,3,5H2,1-2H3. The summed E-state index contributed by atoms with van der Waals surface area (Å²) in [6.07, 6.45) is 3.93. The van der Waals surface area contributed by atoms with E-state index < -0.39 is 0 Å². The van der Waals surface area contributed by atoms with Gasteiger partial charge in [0.05, 0.1) is 11.8 Å². The molecule has 0 radical (unpaired) electrons. The fraction of sp³-hybridized carbons (Fsp3) is 0.455. The summed E-state index contributed by atoms with van der Waals surface area (Å²) >= 11 is 0. The van der Waals surface area contributed by atoms with E-state index in [1.54, 1.807) is 18.6 Å². The van der Waals surface area contributed by atoms with Crippen LogP contribution in [0.3, 0.4) is 0 Å². The largest absolute Gasteiger partial charge is 0.472 e. The monoisotopic (exact) mass is 221 g/mol. The molecule has 0 atom stereocenters. The topological polar surface area (TPSA) is 64.1 Å². The molecule has 0 aromatic carbocycles. The summed E-state index contributed by atoms with van der Waals surface area (Å²) < 4.78 is 10.1. The summed E-state index contributed by atoms with van der Waals surface area (Å²) in [5, 5.41) is 7.17. The smallest absolute Gasteiger partial charge is 0.228 e. The molecular weight excluding hydrogens is 206 g/mol. The lowest BCUT2D eigenvalue weighted by Gasteiger charge is -2.04. The molecule has 0 spiro atoms. The predicted octanol–water partition coefficient (Wildman–Crippen LogP) is 1.87. The normalized spacial score (nSPS) is 11.2. The summed E-state index contributed by atoms with van der Waals surface area (Å²) in [5.41, 5.74) is 0.840. The number of aromatic nitrogens is 2. The van der Waals surface area contributed by atoms with Gasteiger partial charge in [0.1, 0.15) is 6.26 Å². The van der Waals surface area contributed by atoms with E-state index in [0.717, 1.165) is 18.5 Å². The third-order valence-electron chi connectivity index (χ3n) is 2.14. The molecule has 0 saturated carbocycles. The van der Waals surface area contributed by atoms with Gasteiger partial charge >= 0.3 is 0 Å². The molecule has 0 bridgehead atoms. The lowest BCUT2D eigenvalue weighted by molar-refractivity contribution is 0.374. The average Bonchev–Trinajstić information content (AvgIpc) is 2.85. The molecule has 86 valence electrons. The van der Waals surface area contributed by atoms with Crippen molar-refractivity contribution in [3.8, 4) is 11.4 Å². The lowest BCUT2D eigenvalue weighted by Crippen LogP contribution is -2.24. The molecule has 0 aliphatic carbocycles. The van der Waals surface area contributed by atoms with Crippen LogP contribution in [0.1, 0.15) is 19.7 Å². The van der Waals surface area contributed by atoms with Gasteiger partial charge in [-0.3, -0.25) is 0 Å². The molecule has 2 aromatic rings. The first kappa shape index (κ1) is 10.9. The van der Waals surface area contributed by atoms with Crippen LogP contribution in [0, 0.1) is 0 Å². The van der Waals surface area contributed by atoms with Crippen LogP contribution in [0.15, 0.2) is 27.5 Å². The van der Waals surface area contributed by atoms with Crippen LogP contribution in [-0.2, 0) is 6.42 Å². The Balaban J connectivity index is 1.93. The van der Waals surface area contributed by atoms with Gasteiger partial charge in [-0.2, -0.15) is 4.98 Å². The molecule has 1 N–H and O–H groups in total. The van der Waals surface area contributed by atoms with E-state index in [9.17, 15) is 0 Å². The van der Waals surface area contributed by atoms with Crippen LogP contribution < -0.4 is 5.32 Å². The second-order valence-corrected chi connectivity index (χ2v) is 3.88. The van der Waals surface area contributed by atoms with E-state index in [4.69, 9.17) is 8.94 Å². The van der Waals surface area contributed by atoms with E-state index in [0.29, 0.717) is 17.8 Å². The molecule has 0 saturated heterocycles. The molecule has 0 fully saturated rings. The molecule has 5 heteroatoms. The molecule has 2 aromatic heterocycles. The van der Waals surface area contributed by atoms with Crippen molar-refractivity contribution in [2.45, 2.75) is 26.3 Å². The molecule has 0 aliphatic rings. The molecule has 0 unspecified atom stereocenters. The van der Waals surface area contributed by atoms with Gasteiger partial charge in [-0.1, -0.05) is 19.0 Å². The second-order valence-electron chi connectivity index (χ2n) is 3.88. The molecular formula is C11H15N3O2. The van der Waals surface area contributed by atoms with Crippen LogP contribution in [0.2, 0.25) is 0 Å². The van der Waals surface area contributed by atoms with Crippen molar-refractivity contribution in [2.24, 2.45) is 0 Å². The first-order chi connectivity index (χ1) is 7.75. The van der Waals surface area contributed by atoms with Gasteiger partial charge in [-0.25, -0.2) is 0 Å². The first-order valence-electron chi connectivity index (χ1n) is 5.34. The number of hydrogen-bond acceptors (Lipinski definition) is 5. The minimum absolute atomic E-state index is 0.469. The van der Waals surface area contributed by atoms with Crippen LogP contribution in [-0.4, -0.2) is 22.7 Å². The Bertz CT molecular complexity index is 420. The molecule has 5 nitrogen and oxygen atoms in total. The van der Waals surface area contributed by atoms with Crippen LogP contribution >= 0.6 is 0 Å². The number of hydrogen-bond donors (Lipinski definition) is 1. The Morgan fingerprint density at radius 2 is 2.31 bits per heavy atom. The Morgan fingerprint density at radius 3 is 3.00 bits per heavy atom. The summed E-state index contributed by atoms with van der Waals surface area (Å²) in [7, 11) is 0. The Morgan fingerprint density at radius 1 is 1.44 bits per heavy atom. The van der Waals surface area contributed by atoms with Gasteiger partial charge in [0, 0.05) is 19.0 Å². The number of nitrogens with one attached hydrogen (secondary N) is 1. The third kappa shape index (κ3) is 2.70. The number of nitrogens with zero attached hydrogens (tertiary/aromatic N) is 2. The quantitative estimate of drug-likeness (QED) is 0.835. The molecule has 2 rings (SSSR count). The van der Waals surface area contributed by atoms with Crippen molar-refractivity contribution in [1.82, 2.24) is 15.5 Å². The van der Waals surface area contributed by atoms with Gasteiger partial charge in [-0.05, 0) is 6.07 Å². The zero-order valence-corrected chi connectivity index (χ0v) is 9.43. The third-order valence-corrected chi connectivity index (χ3v) is 2.14. The fourth-order valence-corrected chi connectivity index (χ4v) is 1.33.